The number of amides is 2. The molecule has 0 radical (unpaired) electrons. The summed E-state index contributed by atoms with van der Waals surface area (Å²) in [4.78, 5) is 16.0. The first-order valence-electron chi connectivity index (χ1n) is 8.38. The standard InChI is InChI=1S/C15H17F6N3O5S/c16-14(17,18)9-22-13(25)23-29-11-5-7-24(8-6-11)30(26,27)12-3-1-10(2-4-12)28-15(19,20)21/h1-4,11H,5-9H2,(H2,22,23,25). The maximum Gasteiger partial charge on any atom is 0.573 e. The second-order valence-electron chi connectivity index (χ2n) is 6.14. The van der Waals surface area contributed by atoms with Crippen molar-refractivity contribution in [1.82, 2.24) is 15.1 Å². The monoisotopic (exact) mass is 465 g/mol. The first-order valence-corrected chi connectivity index (χ1v) is 9.82. The van der Waals surface area contributed by atoms with Crippen LogP contribution in [0, 0.1) is 0 Å². The van der Waals surface area contributed by atoms with Crippen LogP contribution in [0.1, 0.15) is 12.8 Å². The molecule has 0 spiro atoms. The number of nitrogens with zero attached hydrogens (tertiary/aromatic N) is 1. The Morgan fingerprint density at radius 3 is 2.13 bits per heavy atom. The number of ether oxygens (including phenoxy) is 1. The fraction of sp³-hybridized carbons (Fsp3) is 0.533. The predicted octanol–water partition coefficient (Wildman–Crippen LogP) is 2.53. The van der Waals surface area contributed by atoms with Crippen molar-refractivity contribution in [3.8, 4) is 5.75 Å². The van der Waals surface area contributed by atoms with Gasteiger partial charge in [-0.15, -0.1) is 13.2 Å². The largest absolute Gasteiger partial charge is 0.573 e. The Kier molecular flexibility index (Phi) is 7.41. The second kappa shape index (κ2) is 9.26. The number of hydrogen-bond acceptors (Lipinski definition) is 5. The number of alkyl halides is 6. The molecule has 0 saturated carbocycles. The van der Waals surface area contributed by atoms with E-state index >= 15 is 0 Å². The molecule has 2 amide bonds. The third-order valence-corrected chi connectivity index (χ3v) is 5.78. The minimum Gasteiger partial charge on any atom is -0.406 e. The zero-order chi connectivity index (χ0) is 22.6. The quantitative estimate of drug-likeness (QED) is 0.497. The van der Waals surface area contributed by atoms with Crippen molar-refractivity contribution in [3.63, 3.8) is 0 Å². The van der Waals surface area contributed by atoms with E-state index in [0.717, 1.165) is 28.6 Å². The number of rotatable bonds is 6. The first-order chi connectivity index (χ1) is 13.8. The van der Waals surface area contributed by atoms with Crippen LogP contribution < -0.4 is 15.5 Å². The predicted molar refractivity (Wildman–Crippen MR) is 88.6 cm³/mol. The number of hydroxylamine groups is 1. The number of nitrogens with one attached hydrogen (secondary N) is 2. The number of halogens is 6. The van der Waals surface area contributed by atoms with Crippen LogP contribution in [-0.2, 0) is 14.9 Å². The van der Waals surface area contributed by atoms with Crippen LogP contribution in [0.3, 0.4) is 0 Å². The van der Waals surface area contributed by atoms with Gasteiger partial charge in [-0.05, 0) is 37.1 Å². The van der Waals surface area contributed by atoms with Gasteiger partial charge in [-0.25, -0.2) is 18.7 Å². The molecule has 15 heteroatoms. The summed E-state index contributed by atoms with van der Waals surface area (Å²) in [5.41, 5.74) is 1.81. The highest BCUT2D eigenvalue weighted by molar-refractivity contribution is 7.89. The number of carbonyl (C=O) groups excluding carboxylic acids is 1. The molecule has 170 valence electrons. The third kappa shape index (κ3) is 7.53. The maximum absolute atomic E-state index is 12.6. The Morgan fingerprint density at radius 1 is 1.07 bits per heavy atom. The summed E-state index contributed by atoms with van der Waals surface area (Å²) in [6, 6.07) is 2.51. The normalized spacial score (nSPS) is 16.9. The summed E-state index contributed by atoms with van der Waals surface area (Å²) in [7, 11) is -3.99. The lowest BCUT2D eigenvalue weighted by molar-refractivity contribution is -0.274. The molecule has 1 aromatic rings. The molecule has 0 unspecified atom stereocenters. The van der Waals surface area contributed by atoms with E-state index in [9.17, 15) is 39.6 Å². The summed E-state index contributed by atoms with van der Waals surface area (Å²) in [6.45, 7) is -1.59. The minimum absolute atomic E-state index is 0.0281. The molecule has 0 atom stereocenters. The fourth-order valence-corrected chi connectivity index (χ4v) is 3.98. The lowest BCUT2D eigenvalue weighted by Gasteiger charge is -2.30. The number of benzene rings is 1. The van der Waals surface area contributed by atoms with Gasteiger partial charge in [0.2, 0.25) is 10.0 Å². The Hall–Kier alpha value is -2.26. The average Bonchev–Trinajstić information content (AvgIpc) is 2.63. The lowest BCUT2D eigenvalue weighted by Crippen LogP contribution is -2.45. The van der Waals surface area contributed by atoms with Gasteiger partial charge in [0, 0.05) is 13.1 Å². The lowest BCUT2D eigenvalue weighted by atomic mass is 10.1. The number of carbonyl (C=O) groups is 1. The van der Waals surface area contributed by atoms with E-state index in [1.165, 1.54) is 0 Å². The highest BCUT2D eigenvalue weighted by atomic mass is 32.2. The number of hydrogen-bond donors (Lipinski definition) is 2. The smallest absolute Gasteiger partial charge is 0.406 e. The van der Waals surface area contributed by atoms with E-state index in [1.54, 1.807) is 5.32 Å². The average molecular weight is 465 g/mol. The molecular formula is C15H17F6N3O5S. The van der Waals surface area contributed by atoms with Crippen LogP contribution in [0.5, 0.6) is 5.75 Å². The van der Waals surface area contributed by atoms with Crippen LogP contribution in [0.2, 0.25) is 0 Å². The first kappa shape index (κ1) is 24.0. The number of urea groups is 1. The van der Waals surface area contributed by atoms with E-state index in [4.69, 9.17) is 4.84 Å². The summed E-state index contributed by atoms with van der Waals surface area (Å²) < 4.78 is 102. The van der Waals surface area contributed by atoms with Crippen molar-refractivity contribution in [1.29, 1.82) is 0 Å². The van der Waals surface area contributed by atoms with Gasteiger partial charge < -0.3 is 10.1 Å². The third-order valence-electron chi connectivity index (χ3n) is 3.86. The van der Waals surface area contributed by atoms with Crippen molar-refractivity contribution in [2.75, 3.05) is 19.6 Å². The molecule has 0 aliphatic carbocycles. The molecule has 1 aliphatic rings. The van der Waals surface area contributed by atoms with E-state index in [-0.39, 0.29) is 30.8 Å². The van der Waals surface area contributed by atoms with Crippen molar-refractivity contribution in [3.05, 3.63) is 24.3 Å². The van der Waals surface area contributed by atoms with Crippen molar-refractivity contribution in [2.45, 2.75) is 36.4 Å². The molecule has 1 saturated heterocycles. The minimum atomic E-state index is -4.90. The van der Waals surface area contributed by atoms with Crippen molar-refractivity contribution < 1.29 is 49.1 Å². The highest BCUT2D eigenvalue weighted by Crippen LogP contribution is 2.26. The van der Waals surface area contributed by atoms with Gasteiger partial charge >= 0.3 is 18.6 Å². The van der Waals surface area contributed by atoms with Crippen LogP contribution in [0.4, 0.5) is 31.1 Å². The molecule has 1 fully saturated rings. The van der Waals surface area contributed by atoms with Gasteiger partial charge in [-0.3, -0.25) is 4.84 Å². The van der Waals surface area contributed by atoms with Gasteiger partial charge in [0.05, 0.1) is 11.0 Å². The van der Waals surface area contributed by atoms with Gasteiger partial charge in [0.25, 0.3) is 0 Å². The van der Waals surface area contributed by atoms with E-state index in [2.05, 4.69) is 4.74 Å². The topological polar surface area (TPSA) is 97.0 Å². The molecule has 1 aromatic carbocycles. The summed E-state index contributed by atoms with van der Waals surface area (Å²) >= 11 is 0. The molecular weight excluding hydrogens is 448 g/mol. The molecule has 2 N–H and O–H groups in total. The number of piperidine rings is 1. The molecule has 0 bridgehead atoms. The van der Waals surface area contributed by atoms with Crippen molar-refractivity contribution in [2.24, 2.45) is 0 Å². The highest BCUT2D eigenvalue weighted by Gasteiger charge is 2.33. The Labute approximate surface area is 167 Å². The van der Waals surface area contributed by atoms with Gasteiger partial charge in [-0.1, -0.05) is 0 Å². The van der Waals surface area contributed by atoms with Gasteiger partial charge in [0.1, 0.15) is 12.3 Å². The number of sulfonamides is 1. The van der Waals surface area contributed by atoms with Crippen LogP contribution >= 0.6 is 0 Å². The van der Waals surface area contributed by atoms with Crippen LogP contribution in [-0.4, -0.2) is 57.0 Å². The zero-order valence-electron chi connectivity index (χ0n) is 15.1. The molecule has 2 rings (SSSR count). The SMILES string of the molecule is O=C(NCC(F)(F)F)NOC1CCN(S(=O)(=O)c2ccc(OC(F)(F)F)cc2)CC1. The molecule has 1 heterocycles. The molecule has 8 nitrogen and oxygen atoms in total. The van der Waals surface area contributed by atoms with Crippen LogP contribution in [0.15, 0.2) is 29.2 Å². The summed E-state index contributed by atoms with van der Waals surface area (Å²) in [5, 5.41) is 1.55. The summed E-state index contributed by atoms with van der Waals surface area (Å²) in [6.07, 6.45) is -9.84. The van der Waals surface area contributed by atoms with Gasteiger partial charge in [-0.2, -0.15) is 17.5 Å². The zero-order valence-corrected chi connectivity index (χ0v) is 15.9. The van der Waals surface area contributed by atoms with E-state index in [1.807, 2.05) is 5.48 Å². The van der Waals surface area contributed by atoms with E-state index < -0.39 is 47.0 Å². The Bertz CT molecular complexity index is 821. The molecule has 30 heavy (non-hydrogen) atoms. The summed E-state index contributed by atoms with van der Waals surface area (Å²) in [5.74, 6) is -0.566. The van der Waals surface area contributed by atoms with E-state index in [0.29, 0.717) is 0 Å². The second-order valence-corrected chi connectivity index (χ2v) is 8.08. The molecule has 0 aromatic heterocycles. The maximum atomic E-state index is 12.6. The van der Waals surface area contributed by atoms with Gasteiger partial charge in [0.15, 0.2) is 0 Å². The Morgan fingerprint density at radius 2 is 1.63 bits per heavy atom. The Balaban J connectivity index is 1.84. The molecule has 1 aliphatic heterocycles. The van der Waals surface area contributed by atoms with Crippen molar-refractivity contribution >= 4 is 16.1 Å². The van der Waals surface area contributed by atoms with Crippen LogP contribution in [0.25, 0.3) is 0 Å². The fourth-order valence-electron chi connectivity index (χ4n) is 2.51.